The molecule has 1 aliphatic rings. The molecule has 0 bridgehead atoms. The van der Waals surface area contributed by atoms with E-state index in [-0.39, 0.29) is 12.6 Å². The molecule has 0 aromatic heterocycles. The summed E-state index contributed by atoms with van der Waals surface area (Å²) in [7, 11) is 0. The zero-order valence-electron chi connectivity index (χ0n) is 9.02. The largest absolute Gasteiger partial charge is 0.402 e. The number of likely N-dealkylation sites (tertiary alicyclic amines) is 1. The summed E-state index contributed by atoms with van der Waals surface area (Å²) in [6.45, 7) is 4.96. The lowest BCUT2D eigenvalue weighted by Crippen LogP contribution is -2.47. The van der Waals surface area contributed by atoms with Crippen LogP contribution in [0.4, 0.5) is 13.2 Å². The highest BCUT2D eigenvalue weighted by molar-refractivity contribution is 9.09. The molecule has 1 saturated heterocycles. The van der Waals surface area contributed by atoms with Gasteiger partial charge in [0.2, 0.25) is 0 Å². The lowest BCUT2D eigenvalue weighted by Gasteiger charge is -2.39. The molecule has 0 saturated carbocycles. The number of hydrogen-bond donors (Lipinski definition) is 0. The number of halogens is 4. The Morgan fingerprint density at radius 2 is 2.00 bits per heavy atom. The summed E-state index contributed by atoms with van der Waals surface area (Å²) in [4.78, 5) is 0.527. The van der Waals surface area contributed by atoms with E-state index in [2.05, 4.69) is 22.9 Å². The third-order valence-electron chi connectivity index (χ3n) is 3.25. The van der Waals surface area contributed by atoms with Gasteiger partial charge in [-0.3, -0.25) is 4.90 Å². The summed E-state index contributed by atoms with van der Waals surface area (Å²) in [6, 6.07) is 0.251. The first-order valence-corrected chi connectivity index (χ1v) is 6.18. The van der Waals surface area contributed by atoms with Gasteiger partial charge in [-0.15, -0.1) is 0 Å². The van der Waals surface area contributed by atoms with Crippen LogP contribution in [0.15, 0.2) is 0 Å². The minimum atomic E-state index is -4.14. The van der Waals surface area contributed by atoms with Crippen molar-refractivity contribution in [2.24, 2.45) is 5.92 Å². The van der Waals surface area contributed by atoms with Gasteiger partial charge in [0.05, 0.1) is 0 Å². The number of hydrogen-bond acceptors (Lipinski definition) is 1. The van der Waals surface area contributed by atoms with E-state index in [9.17, 15) is 13.2 Å². The van der Waals surface area contributed by atoms with Crippen molar-refractivity contribution in [2.75, 3.05) is 13.1 Å². The molecule has 0 spiro atoms. The Kier molecular flexibility index (Phi) is 4.47. The average molecular weight is 288 g/mol. The van der Waals surface area contributed by atoms with Crippen molar-refractivity contribution in [3.63, 3.8) is 0 Å². The number of alkyl halides is 4. The number of piperidine rings is 1. The monoisotopic (exact) mass is 287 g/mol. The Morgan fingerprint density at radius 1 is 1.40 bits per heavy atom. The molecule has 3 atom stereocenters. The van der Waals surface area contributed by atoms with Crippen molar-refractivity contribution in [1.29, 1.82) is 0 Å². The van der Waals surface area contributed by atoms with Crippen LogP contribution in [0.2, 0.25) is 0 Å². The normalized spacial score (nSPS) is 31.6. The van der Waals surface area contributed by atoms with E-state index in [4.69, 9.17) is 0 Å². The second-order valence-electron chi connectivity index (χ2n) is 4.36. The van der Waals surface area contributed by atoms with Crippen LogP contribution >= 0.6 is 15.9 Å². The van der Waals surface area contributed by atoms with Crippen LogP contribution < -0.4 is 0 Å². The average Bonchev–Trinajstić information content (AvgIpc) is 2.11. The van der Waals surface area contributed by atoms with Gasteiger partial charge in [0.1, 0.15) is 4.83 Å². The molecule has 0 radical (unpaired) electrons. The van der Waals surface area contributed by atoms with E-state index < -0.39 is 11.0 Å². The van der Waals surface area contributed by atoms with Gasteiger partial charge in [-0.2, -0.15) is 13.2 Å². The van der Waals surface area contributed by atoms with Gasteiger partial charge in [0, 0.05) is 12.6 Å². The first kappa shape index (κ1) is 13.3. The summed E-state index contributed by atoms with van der Waals surface area (Å²) in [5.41, 5.74) is 0. The van der Waals surface area contributed by atoms with Crippen LogP contribution in [-0.2, 0) is 0 Å². The maximum atomic E-state index is 12.4. The summed E-state index contributed by atoms with van der Waals surface area (Å²) in [5.74, 6) is 0.492. The van der Waals surface area contributed by atoms with E-state index in [0.717, 1.165) is 19.4 Å². The van der Waals surface area contributed by atoms with Gasteiger partial charge >= 0.3 is 6.18 Å². The zero-order chi connectivity index (χ0) is 11.6. The molecule has 0 aromatic rings. The Morgan fingerprint density at radius 3 is 2.53 bits per heavy atom. The molecule has 0 N–H and O–H groups in total. The zero-order valence-corrected chi connectivity index (χ0v) is 10.6. The lowest BCUT2D eigenvalue weighted by molar-refractivity contribution is -0.132. The van der Waals surface area contributed by atoms with Gasteiger partial charge in [0.15, 0.2) is 0 Å². The highest BCUT2D eigenvalue weighted by Gasteiger charge is 2.40. The summed E-state index contributed by atoms with van der Waals surface area (Å²) >= 11 is 2.71. The third-order valence-corrected chi connectivity index (χ3v) is 4.06. The van der Waals surface area contributed by atoms with Gasteiger partial charge in [0.25, 0.3) is 0 Å². The summed E-state index contributed by atoms with van der Waals surface area (Å²) in [6.07, 6.45) is -2.01. The Bertz CT molecular complexity index is 207. The fraction of sp³-hybridized carbons (Fsp3) is 1.00. The van der Waals surface area contributed by atoms with E-state index in [1.165, 1.54) is 0 Å². The Balaban J connectivity index is 2.50. The molecule has 3 unspecified atom stereocenters. The molecule has 1 aliphatic heterocycles. The molecule has 5 heteroatoms. The van der Waals surface area contributed by atoms with Crippen LogP contribution in [0.3, 0.4) is 0 Å². The highest BCUT2D eigenvalue weighted by Crippen LogP contribution is 2.30. The van der Waals surface area contributed by atoms with Crippen LogP contribution in [0, 0.1) is 5.92 Å². The number of rotatable bonds is 2. The molecule has 1 nitrogen and oxygen atoms in total. The maximum Gasteiger partial charge on any atom is 0.402 e. The predicted molar refractivity (Wildman–Crippen MR) is 58.2 cm³/mol. The molecule has 1 rings (SSSR count). The second kappa shape index (κ2) is 5.04. The third kappa shape index (κ3) is 3.63. The van der Waals surface area contributed by atoms with Crippen LogP contribution in [0.1, 0.15) is 26.7 Å². The first-order valence-electron chi connectivity index (χ1n) is 5.27. The number of nitrogens with zero attached hydrogens (tertiary/aromatic N) is 1. The molecule has 1 fully saturated rings. The smallest absolute Gasteiger partial charge is 0.299 e. The van der Waals surface area contributed by atoms with Crippen LogP contribution in [0.25, 0.3) is 0 Å². The van der Waals surface area contributed by atoms with Crippen LogP contribution in [-0.4, -0.2) is 35.0 Å². The molecule has 90 valence electrons. The second-order valence-corrected chi connectivity index (χ2v) is 5.47. The van der Waals surface area contributed by atoms with Gasteiger partial charge in [-0.05, 0) is 32.2 Å². The molecular formula is C10H17BrF3N. The molecule has 0 aliphatic carbocycles. The topological polar surface area (TPSA) is 3.24 Å². The predicted octanol–water partition coefficient (Wildman–Crippen LogP) is 3.43. The first-order chi connectivity index (χ1) is 6.82. The molecule has 0 aromatic carbocycles. The van der Waals surface area contributed by atoms with Crippen molar-refractivity contribution in [1.82, 2.24) is 4.90 Å². The molecular weight excluding hydrogens is 271 g/mol. The molecule has 0 amide bonds. The minimum Gasteiger partial charge on any atom is -0.299 e. The van der Waals surface area contributed by atoms with E-state index in [0.29, 0.717) is 5.92 Å². The van der Waals surface area contributed by atoms with Gasteiger partial charge < -0.3 is 0 Å². The van der Waals surface area contributed by atoms with Crippen molar-refractivity contribution in [3.05, 3.63) is 0 Å². The van der Waals surface area contributed by atoms with E-state index in [1.807, 2.05) is 11.8 Å². The lowest BCUT2D eigenvalue weighted by atomic mass is 9.92. The van der Waals surface area contributed by atoms with Gasteiger partial charge in [-0.25, -0.2) is 0 Å². The Labute approximate surface area is 97.1 Å². The van der Waals surface area contributed by atoms with E-state index in [1.54, 1.807) is 0 Å². The summed E-state index contributed by atoms with van der Waals surface area (Å²) in [5, 5.41) is 0. The van der Waals surface area contributed by atoms with Crippen LogP contribution in [0.5, 0.6) is 0 Å². The SMILES string of the molecule is CC1CCCN(CC(Br)C(F)(F)F)C1C. The molecule has 1 heterocycles. The quantitative estimate of drug-likeness (QED) is 0.704. The minimum absolute atomic E-state index is 0.0645. The fourth-order valence-electron chi connectivity index (χ4n) is 1.99. The maximum absolute atomic E-state index is 12.4. The molecule has 15 heavy (non-hydrogen) atoms. The fourth-order valence-corrected chi connectivity index (χ4v) is 2.36. The highest BCUT2D eigenvalue weighted by atomic mass is 79.9. The van der Waals surface area contributed by atoms with Crippen molar-refractivity contribution in [3.8, 4) is 0 Å². The summed E-state index contributed by atoms with van der Waals surface area (Å²) < 4.78 is 37.1. The van der Waals surface area contributed by atoms with Crippen molar-refractivity contribution >= 4 is 15.9 Å². The standard InChI is InChI=1S/C10H17BrF3N/c1-7-4-3-5-15(8(7)2)6-9(11)10(12,13)14/h7-9H,3-6H2,1-2H3. The Hall–Kier alpha value is 0.230. The van der Waals surface area contributed by atoms with Gasteiger partial charge in [-0.1, -0.05) is 22.9 Å². The van der Waals surface area contributed by atoms with Crippen molar-refractivity contribution < 1.29 is 13.2 Å². The van der Waals surface area contributed by atoms with E-state index >= 15 is 0 Å². The van der Waals surface area contributed by atoms with Crippen molar-refractivity contribution in [2.45, 2.75) is 43.7 Å².